The van der Waals surface area contributed by atoms with Crippen LogP contribution in [-0.2, 0) is 0 Å². The van der Waals surface area contributed by atoms with Gasteiger partial charge in [-0.25, -0.2) is 0 Å². The van der Waals surface area contributed by atoms with Gasteiger partial charge in [0, 0.05) is 22.9 Å². The third kappa shape index (κ3) is 4.85. The summed E-state index contributed by atoms with van der Waals surface area (Å²) in [4.78, 5) is 19.8. The normalized spacial score (nSPS) is 19.2. The van der Waals surface area contributed by atoms with E-state index >= 15 is 0 Å². The Balaban J connectivity index is 0.000000131. The van der Waals surface area contributed by atoms with Gasteiger partial charge in [-0.15, -0.1) is 22.7 Å². The number of ether oxygens (including phenoxy) is 2. The molecule has 0 saturated heterocycles. The van der Waals surface area contributed by atoms with Crippen LogP contribution in [0.3, 0.4) is 0 Å². The first-order valence-corrected chi connectivity index (χ1v) is 18.4. The Morgan fingerprint density at radius 2 is 1.30 bits per heavy atom. The maximum absolute atomic E-state index is 5.53. The molecule has 0 atom stereocenters. The number of fused-ring (bicyclic) bond motifs is 4. The summed E-state index contributed by atoms with van der Waals surface area (Å²) >= 11 is 7.42. The van der Waals surface area contributed by atoms with Gasteiger partial charge >= 0.3 is 0 Å². The van der Waals surface area contributed by atoms with Crippen LogP contribution in [0.1, 0.15) is 36.4 Å². The summed E-state index contributed by atoms with van der Waals surface area (Å²) in [5, 5.41) is 4.91. The number of methoxy groups -OCH3 is 2. The molecule has 1 saturated carbocycles. The predicted molar refractivity (Wildman–Crippen MR) is 191 cm³/mol. The number of amidine groups is 2. The highest BCUT2D eigenvalue weighted by Gasteiger charge is 2.40. The van der Waals surface area contributed by atoms with Crippen molar-refractivity contribution in [1.82, 2.24) is 9.80 Å². The van der Waals surface area contributed by atoms with Crippen LogP contribution in [0.15, 0.2) is 68.3 Å². The number of thioether (sulfide) groups is 2. The molecule has 0 unspecified atom stereocenters. The van der Waals surface area contributed by atoms with Crippen molar-refractivity contribution in [3.8, 4) is 11.5 Å². The standard InChI is InChI=1S/C17H16N2OS2.C17H18N2OS2/c1-20-12-4-2-3-11-9-13(21-15(11)12)14-16(10-5-6-10)22-17-18-7-8-19(14)17;1-10(2)15-14(19-8-7-18-17(19)22-15)13-9-11-5-4-6-12(20-3)16(11)21-13/h2-4,9-10H,5-8H2,1H3;4-6,9-10H,7-8H2,1-3H3. The second-order valence-electron chi connectivity index (χ2n) is 11.7. The van der Waals surface area contributed by atoms with E-state index in [4.69, 9.17) is 9.47 Å². The lowest BCUT2D eigenvalue weighted by atomic mass is 10.1. The number of nitrogens with zero attached hydrogens (tertiary/aromatic N) is 4. The number of thiophene rings is 2. The molecule has 6 nitrogen and oxygen atoms in total. The Bertz CT molecular complexity index is 1780. The van der Waals surface area contributed by atoms with E-state index in [0.717, 1.165) is 43.6 Å². The molecule has 5 aliphatic rings. The minimum Gasteiger partial charge on any atom is -0.495 e. The quantitative estimate of drug-likeness (QED) is 0.206. The summed E-state index contributed by atoms with van der Waals surface area (Å²) in [7, 11) is 3.49. The molecule has 10 heteroatoms. The van der Waals surface area contributed by atoms with E-state index < -0.39 is 0 Å². The van der Waals surface area contributed by atoms with E-state index in [1.54, 1.807) is 19.1 Å². The lowest BCUT2D eigenvalue weighted by Gasteiger charge is -2.16. The Kier molecular flexibility index (Phi) is 7.44. The van der Waals surface area contributed by atoms with Crippen molar-refractivity contribution in [1.29, 1.82) is 0 Å². The average molecular weight is 659 g/mol. The third-order valence-electron chi connectivity index (χ3n) is 8.41. The highest BCUT2D eigenvalue weighted by atomic mass is 32.2. The molecule has 6 heterocycles. The van der Waals surface area contributed by atoms with E-state index in [2.05, 4.69) is 70.0 Å². The molecule has 0 radical (unpaired) electrons. The third-order valence-corrected chi connectivity index (χ3v) is 13.4. The van der Waals surface area contributed by atoms with Gasteiger partial charge in [-0.3, -0.25) is 9.98 Å². The lowest BCUT2D eigenvalue weighted by molar-refractivity contribution is 0.420. The summed E-state index contributed by atoms with van der Waals surface area (Å²) in [6, 6.07) is 17.2. The van der Waals surface area contributed by atoms with Crippen LogP contribution in [-0.4, -0.2) is 60.5 Å². The summed E-state index contributed by atoms with van der Waals surface area (Å²) in [6.07, 6.45) is 2.67. The Labute approximate surface area is 274 Å². The maximum Gasteiger partial charge on any atom is 0.168 e. The molecule has 4 aromatic rings. The topological polar surface area (TPSA) is 49.7 Å². The number of rotatable bonds is 6. The van der Waals surface area contributed by atoms with Gasteiger partial charge in [-0.2, -0.15) is 0 Å². The highest BCUT2D eigenvalue weighted by Crippen LogP contribution is 2.54. The number of hydrogen-bond acceptors (Lipinski definition) is 10. The SMILES string of the molecule is COc1cccc2cc(C3=C(C(C)C)SC4=NCCN43)sc12.COc1cccc2cc(C3=C(C4CC4)SC4=NCCN43)sc12. The van der Waals surface area contributed by atoms with Gasteiger partial charge in [0.2, 0.25) is 0 Å². The second kappa shape index (κ2) is 11.5. The molecule has 44 heavy (non-hydrogen) atoms. The molecular weight excluding hydrogens is 625 g/mol. The molecule has 1 fully saturated rings. The minimum atomic E-state index is 0.514. The van der Waals surface area contributed by atoms with E-state index in [1.165, 1.54) is 69.4 Å². The Morgan fingerprint density at radius 3 is 1.84 bits per heavy atom. The lowest BCUT2D eigenvalue weighted by Crippen LogP contribution is -2.19. The summed E-state index contributed by atoms with van der Waals surface area (Å²) in [5.74, 6) is 3.21. The van der Waals surface area contributed by atoms with Gasteiger partial charge in [0.1, 0.15) is 11.5 Å². The first kappa shape index (κ1) is 28.5. The Hall–Kier alpha value is -2.92. The largest absolute Gasteiger partial charge is 0.495 e. The molecule has 0 bridgehead atoms. The molecule has 4 aliphatic heterocycles. The molecule has 0 amide bonds. The molecule has 2 aromatic carbocycles. The van der Waals surface area contributed by atoms with Crippen LogP contribution < -0.4 is 9.47 Å². The smallest absolute Gasteiger partial charge is 0.168 e. The van der Waals surface area contributed by atoms with Gasteiger partial charge in [-0.1, -0.05) is 61.6 Å². The molecule has 2 aromatic heterocycles. The van der Waals surface area contributed by atoms with Crippen molar-refractivity contribution in [2.24, 2.45) is 21.8 Å². The van der Waals surface area contributed by atoms with Gasteiger partial charge < -0.3 is 19.3 Å². The minimum absolute atomic E-state index is 0.514. The van der Waals surface area contributed by atoms with Gasteiger partial charge in [0.15, 0.2) is 10.3 Å². The van der Waals surface area contributed by atoms with Crippen LogP contribution >= 0.6 is 46.2 Å². The van der Waals surface area contributed by atoms with Gasteiger partial charge in [0.25, 0.3) is 0 Å². The van der Waals surface area contributed by atoms with Gasteiger partial charge in [0.05, 0.1) is 57.9 Å². The van der Waals surface area contributed by atoms with E-state index in [0.29, 0.717) is 5.92 Å². The molecule has 9 rings (SSSR count). The van der Waals surface area contributed by atoms with Gasteiger partial charge in [-0.05, 0) is 59.7 Å². The summed E-state index contributed by atoms with van der Waals surface area (Å²) in [6.45, 7) is 8.39. The zero-order valence-corrected chi connectivity index (χ0v) is 28.5. The van der Waals surface area contributed by atoms with Crippen molar-refractivity contribution < 1.29 is 9.47 Å². The van der Waals surface area contributed by atoms with Crippen LogP contribution in [0.2, 0.25) is 0 Å². The highest BCUT2D eigenvalue weighted by molar-refractivity contribution is 8.18. The molecule has 0 spiro atoms. The second-order valence-corrected chi connectivity index (χ2v) is 15.8. The Morgan fingerprint density at radius 1 is 0.750 bits per heavy atom. The van der Waals surface area contributed by atoms with E-state index in [1.807, 2.05) is 58.3 Å². The zero-order chi connectivity index (χ0) is 29.9. The van der Waals surface area contributed by atoms with Crippen molar-refractivity contribution in [2.75, 3.05) is 40.4 Å². The van der Waals surface area contributed by atoms with Crippen molar-refractivity contribution in [3.05, 3.63) is 68.1 Å². The van der Waals surface area contributed by atoms with Crippen molar-refractivity contribution >= 4 is 88.1 Å². The van der Waals surface area contributed by atoms with Crippen LogP contribution in [0.4, 0.5) is 0 Å². The van der Waals surface area contributed by atoms with Crippen LogP contribution in [0.5, 0.6) is 11.5 Å². The fraction of sp³-hybridized carbons (Fsp3) is 0.353. The molecule has 1 aliphatic carbocycles. The fourth-order valence-corrected chi connectivity index (χ4v) is 11.3. The number of aliphatic imine (C=N–C) groups is 2. The first-order chi connectivity index (χ1) is 21.5. The summed E-state index contributed by atoms with van der Waals surface area (Å²) in [5.41, 5.74) is 2.78. The van der Waals surface area contributed by atoms with Crippen LogP contribution in [0, 0.1) is 11.8 Å². The molecule has 226 valence electrons. The summed E-state index contributed by atoms with van der Waals surface area (Å²) < 4.78 is 13.5. The number of allylic oxidation sites excluding steroid dienone is 2. The average Bonchev–Trinajstić information content (AvgIpc) is 3.60. The number of hydrogen-bond donors (Lipinski definition) is 0. The predicted octanol–water partition coefficient (Wildman–Crippen LogP) is 9.06. The van der Waals surface area contributed by atoms with Crippen LogP contribution in [0.25, 0.3) is 31.6 Å². The van der Waals surface area contributed by atoms with Crippen molar-refractivity contribution in [3.63, 3.8) is 0 Å². The maximum atomic E-state index is 5.53. The monoisotopic (exact) mass is 658 g/mol. The number of benzene rings is 2. The molecular formula is C34H34N4O2S4. The fourth-order valence-electron chi connectivity index (χ4n) is 6.15. The van der Waals surface area contributed by atoms with E-state index in [9.17, 15) is 0 Å². The zero-order valence-electron chi connectivity index (χ0n) is 25.3. The van der Waals surface area contributed by atoms with E-state index in [-0.39, 0.29) is 0 Å². The van der Waals surface area contributed by atoms with Crippen molar-refractivity contribution in [2.45, 2.75) is 26.7 Å². The first-order valence-electron chi connectivity index (χ1n) is 15.2. The molecule has 0 N–H and O–H groups in total.